The Kier molecular flexibility index (Phi) is 3.69. The molecule has 3 N–H and O–H groups in total. The first kappa shape index (κ1) is 16.8. The van der Waals surface area contributed by atoms with Crippen LogP contribution in [0.15, 0.2) is 47.6 Å². The predicted octanol–water partition coefficient (Wildman–Crippen LogP) is 2.99. The highest BCUT2D eigenvalue weighted by Crippen LogP contribution is 2.38. The second-order valence-electron chi connectivity index (χ2n) is 6.03. The van der Waals surface area contributed by atoms with Crippen LogP contribution < -0.4 is 15.9 Å². The van der Waals surface area contributed by atoms with Crippen molar-refractivity contribution in [2.75, 3.05) is 5.73 Å². The molecule has 0 unspecified atom stereocenters. The second kappa shape index (κ2) is 5.94. The molecule has 1 aliphatic heterocycles. The molecule has 0 saturated heterocycles. The van der Waals surface area contributed by atoms with Crippen molar-refractivity contribution >= 4 is 28.3 Å². The summed E-state index contributed by atoms with van der Waals surface area (Å²) in [6, 6.07) is 9.17. The van der Waals surface area contributed by atoms with Crippen molar-refractivity contribution in [3.05, 3.63) is 75.8 Å². The average molecular weight is 370 g/mol. The molecular weight excluding hydrogens is 358 g/mol. The van der Waals surface area contributed by atoms with Crippen LogP contribution in [0.2, 0.25) is 0 Å². The molecule has 1 aliphatic rings. The largest absolute Gasteiger partial charge is 0.477 e. The number of carbonyl (C=O) groups is 1. The number of aromatic carboxylic acids is 1. The second-order valence-corrected chi connectivity index (χ2v) is 6.03. The molecule has 136 valence electrons. The summed E-state index contributed by atoms with van der Waals surface area (Å²) in [5.41, 5.74) is 4.45. The SMILES string of the molecule is Nc1c(F)c(F)c2c3c1c(=O)c(C(=O)O)cn3C(Cc1ccccc1)=CO2. The van der Waals surface area contributed by atoms with Gasteiger partial charge in [0.05, 0.1) is 16.8 Å². The Morgan fingerprint density at radius 1 is 1.19 bits per heavy atom. The summed E-state index contributed by atoms with van der Waals surface area (Å²) in [6.07, 6.45) is 2.57. The number of hydrogen-bond donors (Lipinski definition) is 2. The number of carboxylic acids is 1. The first-order chi connectivity index (χ1) is 12.9. The molecule has 0 fully saturated rings. The van der Waals surface area contributed by atoms with Gasteiger partial charge in [0.25, 0.3) is 0 Å². The number of carboxylic acid groups (broad SMARTS) is 1. The van der Waals surface area contributed by atoms with Gasteiger partial charge in [0.15, 0.2) is 11.6 Å². The van der Waals surface area contributed by atoms with Gasteiger partial charge in [-0.25, -0.2) is 9.18 Å². The van der Waals surface area contributed by atoms with Crippen molar-refractivity contribution in [3.63, 3.8) is 0 Å². The van der Waals surface area contributed by atoms with Gasteiger partial charge in [-0.2, -0.15) is 4.39 Å². The van der Waals surface area contributed by atoms with Crippen molar-refractivity contribution in [3.8, 4) is 5.75 Å². The Labute approximate surface area is 150 Å². The van der Waals surface area contributed by atoms with Crippen LogP contribution in [-0.4, -0.2) is 15.6 Å². The third-order valence-corrected chi connectivity index (χ3v) is 4.40. The minimum atomic E-state index is -1.50. The summed E-state index contributed by atoms with van der Waals surface area (Å²) in [6.45, 7) is 0. The third kappa shape index (κ3) is 2.45. The lowest BCUT2D eigenvalue weighted by Gasteiger charge is -2.23. The normalized spacial score (nSPS) is 12.6. The number of nitrogens with two attached hydrogens (primary N) is 1. The highest BCUT2D eigenvalue weighted by Gasteiger charge is 2.29. The van der Waals surface area contributed by atoms with Gasteiger partial charge in [-0.05, 0) is 5.56 Å². The number of aromatic nitrogens is 1. The number of ether oxygens (including phenoxy) is 1. The first-order valence-corrected chi connectivity index (χ1v) is 7.89. The van der Waals surface area contributed by atoms with E-state index >= 15 is 0 Å². The summed E-state index contributed by atoms with van der Waals surface area (Å²) < 4.78 is 35.0. The molecule has 0 radical (unpaired) electrons. The summed E-state index contributed by atoms with van der Waals surface area (Å²) in [4.78, 5) is 24.0. The molecular formula is C19H12F2N2O4. The van der Waals surface area contributed by atoms with E-state index in [2.05, 4.69) is 0 Å². The maximum Gasteiger partial charge on any atom is 0.341 e. The Balaban J connectivity index is 2.06. The van der Waals surface area contributed by atoms with Crippen LogP contribution in [0.4, 0.5) is 14.5 Å². The number of hydrogen-bond acceptors (Lipinski definition) is 4. The molecule has 0 amide bonds. The fourth-order valence-corrected chi connectivity index (χ4v) is 3.12. The number of halogens is 2. The average Bonchev–Trinajstić information content (AvgIpc) is 2.66. The van der Waals surface area contributed by atoms with E-state index < -0.39 is 45.4 Å². The van der Waals surface area contributed by atoms with Crippen LogP contribution in [0.5, 0.6) is 5.75 Å². The van der Waals surface area contributed by atoms with Crippen molar-refractivity contribution in [1.29, 1.82) is 0 Å². The minimum absolute atomic E-state index is 0.102. The van der Waals surface area contributed by atoms with Gasteiger partial charge >= 0.3 is 5.97 Å². The Hall–Kier alpha value is -3.68. The molecule has 4 rings (SSSR count). The van der Waals surface area contributed by atoms with Crippen molar-refractivity contribution in [2.24, 2.45) is 0 Å². The van der Waals surface area contributed by atoms with E-state index in [0.717, 1.165) is 11.8 Å². The van der Waals surface area contributed by atoms with Crippen LogP contribution in [0.25, 0.3) is 16.6 Å². The van der Waals surface area contributed by atoms with Gasteiger partial charge in [-0.15, -0.1) is 0 Å². The van der Waals surface area contributed by atoms with E-state index in [4.69, 9.17) is 10.5 Å². The molecule has 3 aromatic rings. The molecule has 27 heavy (non-hydrogen) atoms. The Bertz CT molecular complexity index is 1200. The Morgan fingerprint density at radius 2 is 1.89 bits per heavy atom. The van der Waals surface area contributed by atoms with E-state index in [9.17, 15) is 23.5 Å². The lowest BCUT2D eigenvalue weighted by atomic mass is 10.0. The van der Waals surface area contributed by atoms with Crippen LogP contribution in [0.3, 0.4) is 0 Å². The van der Waals surface area contributed by atoms with Crippen molar-refractivity contribution in [1.82, 2.24) is 4.57 Å². The third-order valence-electron chi connectivity index (χ3n) is 4.40. The number of pyridine rings is 1. The van der Waals surface area contributed by atoms with E-state index in [1.807, 2.05) is 30.3 Å². The van der Waals surface area contributed by atoms with E-state index in [1.54, 1.807) is 0 Å². The topological polar surface area (TPSA) is 94.5 Å². The van der Waals surface area contributed by atoms with Gasteiger partial charge in [0, 0.05) is 12.6 Å². The number of rotatable bonds is 3. The molecule has 0 saturated carbocycles. The number of benzene rings is 2. The number of anilines is 1. The lowest BCUT2D eigenvalue weighted by molar-refractivity contribution is 0.0695. The van der Waals surface area contributed by atoms with Crippen molar-refractivity contribution in [2.45, 2.75) is 6.42 Å². The zero-order valence-corrected chi connectivity index (χ0v) is 13.7. The van der Waals surface area contributed by atoms with E-state index in [1.165, 1.54) is 10.8 Å². The van der Waals surface area contributed by atoms with E-state index in [-0.39, 0.29) is 5.52 Å². The summed E-state index contributed by atoms with van der Waals surface area (Å²) in [5.74, 6) is -4.81. The summed E-state index contributed by atoms with van der Waals surface area (Å²) >= 11 is 0. The molecule has 0 bridgehead atoms. The number of nitrogen functional groups attached to an aromatic ring is 1. The minimum Gasteiger partial charge on any atom is -0.477 e. The number of allylic oxidation sites excluding steroid dienone is 1. The zero-order chi connectivity index (χ0) is 19.3. The fraction of sp³-hybridized carbons (Fsp3) is 0.0526. The van der Waals surface area contributed by atoms with Crippen LogP contribution >= 0.6 is 0 Å². The van der Waals surface area contributed by atoms with Crippen LogP contribution in [0.1, 0.15) is 15.9 Å². The molecule has 2 aromatic carbocycles. The standard InChI is InChI=1S/C19H12F2N2O4/c20-13-14(21)18-16-12(15(13)22)17(24)11(19(25)26)7-23(16)10(8-27-18)6-9-4-2-1-3-5-9/h1-5,7-8H,6,22H2,(H,25,26). The first-order valence-electron chi connectivity index (χ1n) is 7.89. The molecule has 0 aliphatic carbocycles. The van der Waals surface area contributed by atoms with Gasteiger partial charge in [0.1, 0.15) is 17.3 Å². The zero-order valence-electron chi connectivity index (χ0n) is 13.7. The smallest absolute Gasteiger partial charge is 0.341 e. The molecule has 1 aromatic heterocycles. The monoisotopic (exact) mass is 370 g/mol. The van der Waals surface area contributed by atoms with Gasteiger partial charge < -0.3 is 20.1 Å². The number of nitrogens with zero attached hydrogens (tertiary/aromatic N) is 1. The van der Waals surface area contributed by atoms with Crippen molar-refractivity contribution < 1.29 is 23.4 Å². The van der Waals surface area contributed by atoms with Gasteiger partial charge in [-0.3, -0.25) is 4.79 Å². The molecule has 6 nitrogen and oxygen atoms in total. The van der Waals surface area contributed by atoms with Crippen LogP contribution in [0, 0.1) is 11.6 Å². The summed E-state index contributed by atoms with van der Waals surface area (Å²) in [5, 5.41) is 8.92. The Morgan fingerprint density at radius 3 is 2.56 bits per heavy atom. The quantitative estimate of drug-likeness (QED) is 0.691. The molecule has 8 heteroatoms. The molecule has 0 spiro atoms. The van der Waals surface area contributed by atoms with Gasteiger partial charge in [-0.1, -0.05) is 30.3 Å². The van der Waals surface area contributed by atoms with Gasteiger partial charge in [0.2, 0.25) is 11.2 Å². The fourth-order valence-electron chi connectivity index (χ4n) is 3.12. The maximum atomic E-state index is 14.3. The highest BCUT2D eigenvalue weighted by atomic mass is 19.2. The summed E-state index contributed by atoms with van der Waals surface area (Å²) in [7, 11) is 0. The predicted molar refractivity (Wildman–Crippen MR) is 94.5 cm³/mol. The van der Waals surface area contributed by atoms with E-state index in [0.29, 0.717) is 12.1 Å². The maximum absolute atomic E-state index is 14.3. The molecule has 2 heterocycles. The lowest BCUT2D eigenvalue weighted by Crippen LogP contribution is -2.23. The molecule has 0 atom stereocenters. The van der Waals surface area contributed by atoms with Crippen LogP contribution in [-0.2, 0) is 6.42 Å². The highest BCUT2D eigenvalue weighted by molar-refractivity contribution is 6.01.